The number of nitriles is 1. The van der Waals surface area contributed by atoms with Gasteiger partial charge in [0.15, 0.2) is 0 Å². The number of hydrogen-bond donors (Lipinski definition) is 0. The van der Waals surface area contributed by atoms with Crippen molar-refractivity contribution in [1.29, 1.82) is 5.26 Å². The summed E-state index contributed by atoms with van der Waals surface area (Å²) in [5.74, 6) is -1.15. The van der Waals surface area contributed by atoms with E-state index in [1.807, 2.05) is 6.07 Å². The first-order valence-electron chi connectivity index (χ1n) is 5.37. The molecule has 0 heterocycles. The van der Waals surface area contributed by atoms with E-state index in [9.17, 15) is 9.18 Å². The van der Waals surface area contributed by atoms with Gasteiger partial charge in [-0.25, -0.2) is 4.39 Å². The van der Waals surface area contributed by atoms with E-state index in [0.717, 1.165) is 0 Å². The van der Waals surface area contributed by atoms with Crippen LogP contribution in [0.15, 0.2) is 18.2 Å². The average Bonchev–Trinajstić information content (AvgIpc) is 2.31. The van der Waals surface area contributed by atoms with Crippen molar-refractivity contribution >= 4 is 5.91 Å². The van der Waals surface area contributed by atoms with E-state index in [2.05, 4.69) is 0 Å². The van der Waals surface area contributed by atoms with Crippen LogP contribution in [0.5, 0.6) is 0 Å². The summed E-state index contributed by atoms with van der Waals surface area (Å²) in [4.78, 5) is 13.3. The first-order chi connectivity index (χ1) is 7.97. The number of halogens is 1. The smallest absolute Gasteiger partial charge is 0.256 e. The van der Waals surface area contributed by atoms with Crippen molar-refractivity contribution in [2.45, 2.75) is 13.8 Å². The maximum absolute atomic E-state index is 13.7. The van der Waals surface area contributed by atoms with Crippen molar-refractivity contribution in [3.05, 3.63) is 35.1 Å². The fraction of sp³-hybridized carbons (Fsp3) is 0.385. The molecule has 1 aromatic rings. The topological polar surface area (TPSA) is 44.1 Å². The number of carbonyl (C=O) groups excluding carboxylic acids is 1. The Bertz CT molecular complexity index is 465. The lowest BCUT2D eigenvalue weighted by molar-refractivity contribution is 0.0780. The Morgan fingerprint density at radius 1 is 1.59 bits per heavy atom. The third kappa shape index (κ3) is 3.04. The van der Waals surface area contributed by atoms with Gasteiger partial charge in [0.25, 0.3) is 5.91 Å². The van der Waals surface area contributed by atoms with Crippen LogP contribution in [0.2, 0.25) is 0 Å². The molecule has 3 nitrogen and oxygen atoms in total. The summed E-state index contributed by atoms with van der Waals surface area (Å²) in [6.07, 6.45) is 0. The molecule has 0 saturated heterocycles. The quantitative estimate of drug-likeness (QED) is 0.805. The van der Waals surface area contributed by atoms with Crippen LogP contribution in [-0.2, 0) is 0 Å². The minimum Gasteiger partial charge on any atom is -0.340 e. The molecule has 1 unspecified atom stereocenters. The summed E-state index contributed by atoms with van der Waals surface area (Å²) in [6, 6.07) is 6.76. The molecule has 0 fully saturated rings. The van der Waals surface area contributed by atoms with Gasteiger partial charge in [0.2, 0.25) is 0 Å². The van der Waals surface area contributed by atoms with Crippen molar-refractivity contribution < 1.29 is 9.18 Å². The fourth-order valence-electron chi connectivity index (χ4n) is 1.55. The van der Waals surface area contributed by atoms with Gasteiger partial charge >= 0.3 is 0 Å². The molecule has 1 aromatic carbocycles. The Morgan fingerprint density at radius 2 is 2.24 bits per heavy atom. The number of carbonyl (C=O) groups is 1. The Morgan fingerprint density at radius 3 is 2.82 bits per heavy atom. The highest BCUT2D eigenvalue weighted by atomic mass is 19.1. The predicted octanol–water partition coefficient (Wildman–Crippen LogP) is 2.37. The van der Waals surface area contributed by atoms with Crippen molar-refractivity contribution in [3.8, 4) is 6.07 Å². The van der Waals surface area contributed by atoms with Gasteiger partial charge in [-0.2, -0.15) is 5.26 Å². The van der Waals surface area contributed by atoms with E-state index in [1.54, 1.807) is 33.0 Å². The molecule has 4 heteroatoms. The molecule has 0 aliphatic heterocycles. The molecule has 90 valence electrons. The van der Waals surface area contributed by atoms with Crippen molar-refractivity contribution in [3.63, 3.8) is 0 Å². The van der Waals surface area contributed by atoms with Gasteiger partial charge in [-0.1, -0.05) is 12.1 Å². The normalized spacial score (nSPS) is 11.7. The molecular weight excluding hydrogens is 219 g/mol. The van der Waals surface area contributed by atoms with Crippen LogP contribution in [0.3, 0.4) is 0 Å². The standard InChI is InChI=1S/C13H15FN2O/c1-9(7-15)8-16(3)13(17)11-6-4-5-10(2)12(11)14/h4-6,9H,8H2,1-3H3. The summed E-state index contributed by atoms with van der Waals surface area (Å²) < 4.78 is 13.7. The Labute approximate surface area is 100 Å². The molecule has 0 N–H and O–H groups in total. The third-order valence-corrected chi connectivity index (χ3v) is 2.54. The number of aryl methyl sites for hydroxylation is 1. The minimum atomic E-state index is -0.492. The number of benzene rings is 1. The van der Waals surface area contributed by atoms with Crippen LogP contribution in [0.4, 0.5) is 4.39 Å². The average molecular weight is 234 g/mol. The second-order valence-electron chi connectivity index (χ2n) is 4.15. The molecule has 1 amide bonds. The molecule has 1 rings (SSSR count). The number of nitrogens with zero attached hydrogens (tertiary/aromatic N) is 2. The minimum absolute atomic E-state index is 0.0534. The van der Waals surface area contributed by atoms with E-state index in [1.165, 1.54) is 11.0 Å². The number of hydrogen-bond acceptors (Lipinski definition) is 2. The van der Waals surface area contributed by atoms with E-state index in [-0.39, 0.29) is 11.5 Å². The van der Waals surface area contributed by atoms with Gasteiger partial charge in [-0.15, -0.1) is 0 Å². The SMILES string of the molecule is Cc1cccc(C(=O)N(C)CC(C)C#N)c1F. The largest absolute Gasteiger partial charge is 0.340 e. The number of rotatable bonds is 3. The zero-order chi connectivity index (χ0) is 13.0. The zero-order valence-electron chi connectivity index (χ0n) is 10.2. The highest BCUT2D eigenvalue weighted by Crippen LogP contribution is 2.14. The third-order valence-electron chi connectivity index (χ3n) is 2.54. The lowest BCUT2D eigenvalue weighted by atomic mass is 10.1. The van der Waals surface area contributed by atoms with Crippen molar-refractivity contribution in [2.75, 3.05) is 13.6 Å². The molecule has 0 aliphatic rings. The Balaban J connectivity index is 2.90. The van der Waals surface area contributed by atoms with Crippen LogP contribution in [0, 0.1) is 30.0 Å². The van der Waals surface area contributed by atoms with Crippen LogP contribution in [0.25, 0.3) is 0 Å². The van der Waals surface area contributed by atoms with E-state index < -0.39 is 11.7 Å². The first kappa shape index (κ1) is 13.2. The van der Waals surface area contributed by atoms with Crippen LogP contribution < -0.4 is 0 Å². The Kier molecular flexibility index (Phi) is 4.22. The molecule has 0 saturated carbocycles. The second-order valence-corrected chi connectivity index (χ2v) is 4.15. The highest BCUT2D eigenvalue weighted by molar-refractivity contribution is 5.94. The number of amides is 1. The van der Waals surface area contributed by atoms with Crippen LogP contribution in [-0.4, -0.2) is 24.4 Å². The predicted molar refractivity (Wildman–Crippen MR) is 62.9 cm³/mol. The van der Waals surface area contributed by atoms with E-state index in [4.69, 9.17) is 5.26 Å². The Hall–Kier alpha value is -1.89. The van der Waals surface area contributed by atoms with Crippen LogP contribution in [0.1, 0.15) is 22.8 Å². The van der Waals surface area contributed by atoms with Crippen molar-refractivity contribution in [2.24, 2.45) is 5.92 Å². The van der Waals surface area contributed by atoms with Crippen LogP contribution >= 0.6 is 0 Å². The summed E-state index contributed by atoms with van der Waals surface area (Å²) in [7, 11) is 1.57. The van der Waals surface area contributed by atoms with E-state index >= 15 is 0 Å². The molecule has 0 spiro atoms. The zero-order valence-corrected chi connectivity index (χ0v) is 10.2. The maximum atomic E-state index is 13.7. The fourth-order valence-corrected chi connectivity index (χ4v) is 1.55. The van der Waals surface area contributed by atoms with Gasteiger partial charge in [0.1, 0.15) is 5.82 Å². The van der Waals surface area contributed by atoms with Gasteiger partial charge in [0.05, 0.1) is 17.6 Å². The van der Waals surface area contributed by atoms with Gasteiger partial charge in [-0.3, -0.25) is 4.79 Å². The molecule has 1 atom stereocenters. The highest BCUT2D eigenvalue weighted by Gasteiger charge is 2.18. The lowest BCUT2D eigenvalue weighted by Gasteiger charge is -2.18. The molecule has 0 radical (unpaired) electrons. The summed E-state index contributed by atoms with van der Waals surface area (Å²) in [5.41, 5.74) is 0.496. The van der Waals surface area contributed by atoms with Gasteiger partial charge in [-0.05, 0) is 25.5 Å². The van der Waals surface area contributed by atoms with Crippen molar-refractivity contribution in [1.82, 2.24) is 4.90 Å². The second kappa shape index (κ2) is 5.44. The molecule has 17 heavy (non-hydrogen) atoms. The molecule has 0 bridgehead atoms. The van der Waals surface area contributed by atoms with Gasteiger partial charge in [0, 0.05) is 13.6 Å². The lowest BCUT2D eigenvalue weighted by Crippen LogP contribution is -2.31. The maximum Gasteiger partial charge on any atom is 0.256 e. The summed E-state index contributed by atoms with van der Waals surface area (Å²) in [6.45, 7) is 3.63. The van der Waals surface area contributed by atoms with Gasteiger partial charge < -0.3 is 4.90 Å². The monoisotopic (exact) mass is 234 g/mol. The first-order valence-corrected chi connectivity index (χ1v) is 5.37. The summed E-state index contributed by atoms with van der Waals surface area (Å²) in [5, 5.41) is 8.67. The molecule has 0 aromatic heterocycles. The summed E-state index contributed by atoms with van der Waals surface area (Å²) >= 11 is 0. The van der Waals surface area contributed by atoms with E-state index in [0.29, 0.717) is 12.1 Å². The molecular formula is C13H15FN2O. The molecule has 0 aliphatic carbocycles.